The molecule has 0 radical (unpaired) electrons. The zero-order valence-electron chi connectivity index (χ0n) is 11.5. The highest BCUT2D eigenvalue weighted by molar-refractivity contribution is 7.12. The number of thiophene rings is 1. The predicted octanol–water partition coefficient (Wildman–Crippen LogP) is 2.36. The van der Waals surface area contributed by atoms with Gasteiger partial charge in [0.1, 0.15) is 0 Å². The summed E-state index contributed by atoms with van der Waals surface area (Å²) in [4.78, 5) is 24.6. The highest BCUT2D eigenvalue weighted by Gasteiger charge is 2.16. The minimum absolute atomic E-state index is 0.0528. The molecule has 2 rings (SSSR count). The monoisotopic (exact) mass is 291 g/mol. The maximum atomic E-state index is 12.0. The molecule has 0 aromatic carbocycles. The van der Waals surface area contributed by atoms with Gasteiger partial charge in [-0.05, 0) is 25.3 Å². The lowest BCUT2D eigenvalue weighted by molar-refractivity contribution is 0.0919. The average molecular weight is 291 g/mol. The first kappa shape index (κ1) is 14.5. The summed E-state index contributed by atoms with van der Waals surface area (Å²) >= 11 is 1.42. The summed E-state index contributed by atoms with van der Waals surface area (Å²) in [7, 11) is 0. The molecule has 5 nitrogen and oxygen atoms in total. The number of carbonyl (C=O) groups excluding carboxylic acids is 2. The van der Waals surface area contributed by atoms with Gasteiger partial charge in [0.15, 0.2) is 5.78 Å². The third kappa shape index (κ3) is 3.54. The van der Waals surface area contributed by atoms with Crippen LogP contribution in [-0.2, 0) is 6.54 Å². The molecule has 1 atom stereocenters. The summed E-state index contributed by atoms with van der Waals surface area (Å²) in [6, 6.07) is 3.44. The van der Waals surface area contributed by atoms with Gasteiger partial charge in [-0.1, -0.05) is 6.07 Å². The van der Waals surface area contributed by atoms with Gasteiger partial charge in [-0.2, -0.15) is 5.10 Å². The molecule has 0 aliphatic rings. The van der Waals surface area contributed by atoms with E-state index in [9.17, 15) is 9.59 Å². The first-order valence-electron chi connectivity index (χ1n) is 6.50. The second kappa shape index (κ2) is 6.47. The molecule has 2 aromatic rings. The molecule has 0 aliphatic carbocycles. The third-order valence-electron chi connectivity index (χ3n) is 2.88. The van der Waals surface area contributed by atoms with Gasteiger partial charge in [-0.15, -0.1) is 11.3 Å². The lowest BCUT2D eigenvalue weighted by Crippen LogP contribution is -2.34. The summed E-state index contributed by atoms with van der Waals surface area (Å²) in [6.45, 7) is 4.50. The fourth-order valence-corrected chi connectivity index (χ4v) is 2.50. The molecule has 1 unspecified atom stereocenters. The smallest absolute Gasteiger partial charge is 0.254 e. The van der Waals surface area contributed by atoms with Crippen molar-refractivity contribution in [1.82, 2.24) is 15.1 Å². The molecular formula is C14H17N3O2S. The van der Waals surface area contributed by atoms with Crippen LogP contribution < -0.4 is 5.32 Å². The second-order valence-electron chi connectivity index (χ2n) is 4.56. The number of hydrogen-bond acceptors (Lipinski definition) is 4. The van der Waals surface area contributed by atoms with E-state index in [1.54, 1.807) is 16.9 Å². The number of aromatic nitrogens is 2. The Balaban J connectivity index is 1.89. The lowest BCUT2D eigenvalue weighted by Gasteiger charge is -2.11. The highest BCUT2D eigenvalue weighted by Crippen LogP contribution is 2.12. The molecule has 0 bridgehead atoms. The Morgan fingerprint density at radius 1 is 1.50 bits per heavy atom. The fraction of sp³-hybridized carbons (Fsp3) is 0.357. The molecular weight excluding hydrogens is 274 g/mol. The Kier molecular flexibility index (Phi) is 4.68. The molecule has 1 N–H and O–H groups in total. The van der Waals surface area contributed by atoms with Crippen molar-refractivity contribution in [2.24, 2.45) is 0 Å². The molecule has 2 heterocycles. The molecule has 0 saturated carbocycles. The molecule has 0 fully saturated rings. The van der Waals surface area contributed by atoms with E-state index < -0.39 is 0 Å². The quantitative estimate of drug-likeness (QED) is 0.831. The van der Waals surface area contributed by atoms with E-state index in [2.05, 4.69) is 10.4 Å². The average Bonchev–Trinajstić information content (AvgIpc) is 3.09. The van der Waals surface area contributed by atoms with Crippen molar-refractivity contribution in [2.75, 3.05) is 0 Å². The molecule has 2 aromatic heterocycles. The molecule has 0 spiro atoms. The van der Waals surface area contributed by atoms with Crippen molar-refractivity contribution in [2.45, 2.75) is 32.9 Å². The zero-order chi connectivity index (χ0) is 14.5. The van der Waals surface area contributed by atoms with Crippen LogP contribution in [0.25, 0.3) is 0 Å². The van der Waals surface area contributed by atoms with Crippen LogP contribution >= 0.6 is 11.3 Å². The van der Waals surface area contributed by atoms with Crippen molar-refractivity contribution in [1.29, 1.82) is 0 Å². The summed E-state index contributed by atoms with van der Waals surface area (Å²) in [5.41, 5.74) is 0.516. The highest BCUT2D eigenvalue weighted by atomic mass is 32.1. The number of hydrogen-bond donors (Lipinski definition) is 1. The van der Waals surface area contributed by atoms with Crippen LogP contribution in [0.5, 0.6) is 0 Å². The van der Waals surface area contributed by atoms with Gasteiger partial charge in [0.2, 0.25) is 0 Å². The zero-order valence-corrected chi connectivity index (χ0v) is 12.3. The lowest BCUT2D eigenvalue weighted by atomic mass is 10.1. The van der Waals surface area contributed by atoms with Gasteiger partial charge in [0.05, 0.1) is 16.6 Å². The van der Waals surface area contributed by atoms with Crippen LogP contribution in [0.4, 0.5) is 0 Å². The standard InChI is InChI=1S/C14H17N3O2S/c1-3-17-9-11(8-15-17)14(19)16-10(2)7-12(18)13-5-4-6-20-13/h4-6,8-10H,3,7H2,1-2H3,(H,16,19). The summed E-state index contributed by atoms with van der Waals surface area (Å²) in [5.74, 6) is -0.145. The van der Waals surface area contributed by atoms with Crippen LogP contribution in [0, 0.1) is 0 Å². The second-order valence-corrected chi connectivity index (χ2v) is 5.51. The molecule has 0 saturated heterocycles. The Labute approximate surface area is 121 Å². The molecule has 6 heteroatoms. The van der Waals surface area contributed by atoms with E-state index in [4.69, 9.17) is 0 Å². The van der Waals surface area contributed by atoms with Gasteiger partial charge in [-0.3, -0.25) is 14.3 Å². The van der Waals surface area contributed by atoms with Gasteiger partial charge >= 0.3 is 0 Å². The normalized spacial score (nSPS) is 12.1. The number of nitrogens with one attached hydrogen (secondary N) is 1. The summed E-state index contributed by atoms with van der Waals surface area (Å²) in [5, 5.41) is 8.74. The predicted molar refractivity (Wildman–Crippen MR) is 78.1 cm³/mol. The number of Topliss-reactive ketones (excluding diaryl/α,β-unsaturated/α-hetero) is 1. The third-order valence-corrected chi connectivity index (χ3v) is 3.80. The summed E-state index contributed by atoms with van der Waals surface area (Å²) < 4.78 is 1.69. The minimum atomic E-state index is -0.206. The molecule has 20 heavy (non-hydrogen) atoms. The molecule has 0 aliphatic heterocycles. The Hall–Kier alpha value is -1.95. The number of amides is 1. The van der Waals surface area contributed by atoms with E-state index >= 15 is 0 Å². The van der Waals surface area contributed by atoms with Crippen LogP contribution in [-0.4, -0.2) is 27.5 Å². The van der Waals surface area contributed by atoms with Gasteiger partial charge < -0.3 is 5.32 Å². The number of rotatable bonds is 6. The van der Waals surface area contributed by atoms with E-state index in [0.717, 1.165) is 11.4 Å². The maximum absolute atomic E-state index is 12.0. The number of ketones is 1. The van der Waals surface area contributed by atoms with Crippen molar-refractivity contribution in [3.8, 4) is 0 Å². The number of aryl methyl sites for hydroxylation is 1. The Bertz CT molecular complexity index is 589. The largest absolute Gasteiger partial charge is 0.349 e. The number of carbonyl (C=O) groups is 2. The fourth-order valence-electron chi connectivity index (χ4n) is 1.83. The van der Waals surface area contributed by atoms with E-state index in [1.165, 1.54) is 17.5 Å². The van der Waals surface area contributed by atoms with Crippen molar-refractivity contribution >= 4 is 23.0 Å². The maximum Gasteiger partial charge on any atom is 0.254 e. The van der Waals surface area contributed by atoms with Gasteiger partial charge in [0.25, 0.3) is 5.91 Å². The van der Waals surface area contributed by atoms with Crippen molar-refractivity contribution in [3.63, 3.8) is 0 Å². The van der Waals surface area contributed by atoms with E-state index in [-0.39, 0.29) is 17.7 Å². The SMILES string of the molecule is CCn1cc(C(=O)NC(C)CC(=O)c2cccs2)cn1. The van der Waals surface area contributed by atoms with Gasteiger partial charge in [-0.25, -0.2) is 0 Å². The van der Waals surface area contributed by atoms with E-state index in [0.29, 0.717) is 12.0 Å². The van der Waals surface area contributed by atoms with Crippen molar-refractivity contribution in [3.05, 3.63) is 40.3 Å². The topological polar surface area (TPSA) is 64.0 Å². The Morgan fingerprint density at radius 2 is 2.30 bits per heavy atom. The van der Waals surface area contributed by atoms with Crippen LogP contribution in [0.2, 0.25) is 0 Å². The molecule has 106 valence electrons. The minimum Gasteiger partial charge on any atom is -0.349 e. The number of nitrogens with zero attached hydrogens (tertiary/aromatic N) is 2. The summed E-state index contributed by atoms with van der Waals surface area (Å²) in [6.07, 6.45) is 3.53. The van der Waals surface area contributed by atoms with Gasteiger partial charge in [0, 0.05) is 25.2 Å². The Morgan fingerprint density at radius 3 is 2.90 bits per heavy atom. The van der Waals surface area contributed by atoms with Crippen molar-refractivity contribution < 1.29 is 9.59 Å². The first-order valence-corrected chi connectivity index (χ1v) is 7.38. The van der Waals surface area contributed by atoms with E-state index in [1.807, 2.05) is 25.3 Å². The molecule has 1 amide bonds. The first-order chi connectivity index (χ1) is 9.60. The van der Waals surface area contributed by atoms with Crippen LogP contribution in [0.3, 0.4) is 0 Å². The van der Waals surface area contributed by atoms with Crippen LogP contribution in [0.1, 0.15) is 40.3 Å². The van der Waals surface area contributed by atoms with Crippen LogP contribution in [0.15, 0.2) is 29.9 Å².